The molecular weight excluding hydrogens is 220 g/mol. The van der Waals surface area contributed by atoms with E-state index in [4.69, 9.17) is 5.11 Å². The molecule has 0 aromatic carbocycles. The van der Waals surface area contributed by atoms with Crippen molar-refractivity contribution in [1.29, 1.82) is 0 Å². The number of hydrogen-bond donors (Lipinski definition) is 1. The number of allylic oxidation sites excluding steroid dienone is 2. The van der Waals surface area contributed by atoms with Crippen molar-refractivity contribution in [3.05, 3.63) is 12.2 Å². The normalized spacial score (nSPS) is 10.6. The first kappa shape index (κ1) is 17.3. The molecule has 0 unspecified atom stereocenters. The number of unbranched alkanes of at least 4 members (excludes halogenated alkanes) is 9. The molecule has 1 nitrogen and oxygen atoms in total. The fourth-order valence-corrected chi connectivity index (χ4v) is 1.90. The summed E-state index contributed by atoms with van der Waals surface area (Å²) < 4.78 is 0. The van der Waals surface area contributed by atoms with Gasteiger partial charge in [0.15, 0.2) is 0 Å². The molecule has 0 atom stereocenters. The Balaban J connectivity index is 3.10. The van der Waals surface area contributed by atoms with Crippen LogP contribution in [-0.2, 0) is 0 Å². The highest BCUT2D eigenvalue weighted by atomic mass is 16.2. The Morgan fingerprint density at radius 3 is 2.11 bits per heavy atom. The molecule has 0 aliphatic heterocycles. The van der Waals surface area contributed by atoms with E-state index < -0.39 is 0 Å². The zero-order chi connectivity index (χ0) is 13.3. The van der Waals surface area contributed by atoms with Crippen LogP contribution >= 0.6 is 0 Å². The van der Waals surface area contributed by atoms with Gasteiger partial charge in [-0.05, 0) is 18.9 Å². The minimum Gasteiger partial charge on any atom is -0.395 e. The van der Waals surface area contributed by atoms with E-state index in [-0.39, 0.29) is 6.61 Å². The lowest BCUT2D eigenvalue weighted by Crippen LogP contribution is -1.80. The minimum atomic E-state index is 0.166. The summed E-state index contributed by atoms with van der Waals surface area (Å²) in [4.78, 5) is 0. The number of hydrogen-bond acceptors (Lipinski definition) is 1. The Hall–Kier alpha value is -0.740. The van der Waals surface area contributed by atoms with Gasteiger partial charge < -0.3 is 5.11 Å². The van der Waals surface area contributed by atoms with Crippen LogP contribution < -0.4 is 0 Å². The summed E-state index contributed by atoms with van der Waals surface area (Å²) in [5.41, 5.74) is 0. The molecule has 0 aliphatic rings. The lowest BCUT2D eigenvalue weighted by atomic mass is 10.1. The number of aliphatic hydroxyl groups excluding tert-OH is 1. The van der Waals surface area contributed by atoms with Gasteiger partial charge in [-0.2, -0.15) is 0 Å². The van der Waals surface area contributed by atoms with Crippen LogP contribution in [-0.4, -0.2) is 11.7 Å². The van der Waals surface area contributed by atoms with Gasteiger partial charge in [0.1, 0.15) is 0 Å². The molecule has 0 radical (unpaired) electrons. The van der Waals surface area contributed by atoms with Gasteiger partial charge in [-0.3, -0.25) is 0 Å². The van der Waals surface area contributed by atoms with E-state index in [1.165, 1.54) is 57.8 Å². The van der Waals surface area contributed by atoms with E-state index in [2.05, 4.69) is 24.8 Å². The van der Waals surface area contributed by atoms with E-state index in [0.29, 0.717) is 6.42 Å². The molecular formula is C17H30O. The maximum atomic E-state index is 8.53. The van der Waals surface area contributed by atoms with Crippen molar-refractivity contribution < 1.29 is 5.11 Å². The van der Waals surface area contributed by atoms with Crippen LogP contribution in [0.15, 0.2) is 12.2 Å². The second-order valence-corrected chi connectivity index (χ2v) is 4.81. The zero-order valence-corrected chi connectivity index (χ0v) is 12.1. The molecule has 0 fully saturated rings. The lowest BCUT2D eigenvalue weighted by Gasteiger charge is -2.00. The van der Waals surface area contributed by atoms with E-state index in [1.807, 2.05) is 6.08 Å². The van der Waals surface area contributed by atoms with Crippen LogP contribution in [0, 0.1) is 11.8 Å². The van der Waals surface area contributed by atoms with Gasteiger partial charge in [-0.1, -0.05) is 76.2 Å². The minimum absolute atomic E-state index is 0.166. The smallest absolute Gasteiger partial charge is 0.0540 e. The number of aliphatic hydroxyl groups is 1. The molecule has 1 N–H and O–H groups in total. The van der Waals surface area contributed by atoms with Gasteiger partial charge >= 0.3 is 0 Å². The third-order valence-electron chi connectivity index (χ3n) is 3.01. The van der Waals surface area contributed by atoms with Crippen LogP contribution in [0.2, 0.25) is 0 Å². The molecule has 104 valence electrons. The Bertz CT molecular complexity index is 232. The molecule has 0 amide bonds. The highest BCUT2D eigenvalue weighted by Crippen LogP contribution is 2.10. The molecule has 0 aliphatic carbocycles. The van der Waals surface area contributed by atoms with Crippen molar-refractivity contribution in [2.75, 3.05) is 6.61 Å². The van der Waals surface area contributed by atoms with Crippen LogP contribution in [0.4, 0.5) is 0 Å². The average molecular weight is 250 g/mol. The second kappa shape index (κ2) is 16.3. The predicted molar refractivity (Wildman–Crippen MR) is 80.5 cm³/mol. The predicted octanol–water partition coefficient (Wildman–Crippen LogP) is 4.85. The summed E-state index contributed by atoms with van der Waals surface area (Å²) in [5.74, 6) is 5.81. The molecule has 0 aromatic rings. The SMILES string of the molecule is CCCCCCCCCCC/C=C\C#CCCO. The third kappa shape index (κ3) is 15.3. The largest absolute Gasteiger partial charge is 0.395 e. The van der Waals surface area contributed by atoms with Crippen LogP contribution in [0.5, 0.6) is 0 Å². The van der Waals surface area contributed by atoms with Gasteiger partial charge in [0.25, 0.3) is 0 Å². The molecule has 0 aromatic heterocycles. The van der Waals surface area contributed by atoms with Gasteiger partial charge in [0.2, 0.25) is 0 Å². The monoisotopic (exact) mass is 250 g/mol. The zero-order valence-electron chi connectivity index (χ0n) is 12.1. The molecule has 0 bridgehead atoms. The molecule has 0 saturated carbocycles. The molecule has 0 spiro atoms. The first-order chi connectivity index (χ1) is 8.91. The van der Waals surface area contributed by atoms with Crippen molar-refractivity contribution >= 4 is 0 Å². The maximum Gasteiger partial charge on any atom is 0.0540 e. The maximum absolute atomic E-state index is 8.53. The van der Waals surface area contributed by atoms with Crippen molar-refractivity contribution in [2.45, 2.75) is 77.6 Å². The Morgan fingerprint density at radius 2 is 1.50 bits per heavy atom. The van der Waals surface area contributed by atoms with Crippen LogP contribution in [0.3, 0.4) is 0 Å². The fourth-order valence-electron chi connectivity index (χ4n) is 1.90. The third-order valence-corrected chi connectivity index (χ3v) is 3.01. The Morgan fingerprint density at radius 1 is 0.889 bits per heavy atom. The van der Waals surface area contributed by atoms with Gasteiger partial charge in [-0.15, -0.1) is 0 Å². The highest BCUT2D eigenvalue weighted by molar-refractivity contribution is 5.14. The first-order valence-corrected chi connectivity index (χ1v) is 7.66. The fraction of sp³-hybridized carbons (Fsp3) is 0.765. The standard InChI is InChI=1S/C17H30O/c1-2-3-4-5-6-7-8-9-10-11-12-13-14-15-16-17-18/h12-13,18H,2-11,16-17H2,1H3/b13-12-. The summed E-state index contributed by atoms with van der Waals surface area (Å²) >= 11 is 0. The topological polar surface area (TPSA) is 20.2 Å². The van der Waals surface area contributed by atoms with E-state index in [1.54, 1.807) is 0 Å². The summed E-state index contributed by atoms with van der Waals surface area (Å²) in [6, 6.07) is 0. The first-order valence-electron chi connectivity index (χ1n) is 7.66. The molecule has 0 heterocycles. The van der Waals surface area contributed by atoms with Gasteiger partial charge in [0.05, 0.1) is 6.61 Å². The van der Waals surface area contributed by atoms with Crippen molar-refractivity contribution in [2.24, 2.45) is 0 Å². The lowest BCUT2D eigenvalue weighted by molar-refractivity contribution is 0.305. The Labute approximate surface area is 114 Å². The van der Waals surface area contributed by atoms with Gasteiger partial charge in [0, 0.05) is 6.42 Å². The molecule has 0 saturated heterocycles. The van der Waals surface area contributed by atoms with Crippen molar-refractivity contribution in [3.63, 3.8) is 0 Å². The average Bonchev–Trinajstić information content (AvgIpc) is 2.39. The molecule has 18 heavy (non-hydrogen) atoms. The van der Waals surface area contributed by atoms with Crippen LogP contribution in [0.1, 0.15) is 77.6 Å². The van der Waals surface area contributed by atoms with Crippen molar-refractivity contribution in [3.8, 4) is 11.8 Å². The van der Waals surface area contributed by atoms with Gasteiger partial charge in [-0.25, -0.2) is 0 Å². The van der Waals surface area contributed by atoms with E-state index >= 15 is 0 Å². The van der Waals surface area contributed by atoms with Crippen molar-refractivity contribution in [1.82, 2.24) is 0 Å². The second-order valence-electron chi connectivity index (χ2n) is 4.81. The van der Waals surface area contributed by atoms with E-state index in [9.17, 15) is 0 Å². The quantitative estimate of drug-likeness (QED) is 0.410. The van der Waals surface area contributed by atoms with E-state index in [0.717, 1.165) is 6.42 Å². The number of rotatable bonds is 11. The molecule has 1 heteroatoms. The summed E-state index contributed by atoms with van der Waals surface area (Å²) in [6.07, 6.45) is 18.2. The molecule has 0 rings (SSSR count). The summed E-state index contributed by atoms with van der Waals surface area (Å²) in [5, 5.41) is 8.53. The summed E-state index contributed by atoms with van der Waals surface area (Å²) in [7, 11) is 0. The van der Waals surface area contributed by atoms with Crippen LogP contribution in [0.25, 0.3) is 0 Å². The Kier molecular flexibility index (Phi) is 15.6. The summed E-state index contributed by atoms with van der Waals surface area (Å²) in [6.45, 7) is 2.43. The highest BCUT2D eigenvalue weighted by Gasteiger charge is 1.90.